The molecule has 0 saturated carbocycles. The number of hydrogen-bond donors (Lipinski definition) is 2. The second-order valence-corrected chi connectivity index (χ2v) is 6.79. The summed E-state index contributed by atoms with van der Waals surface area (Å²) in [5.41, 5.74) is 5.83. The van der Waals surface area contributed by atoms with Gasteiger partial charge in [0.2, 0.25) is 0 Å². The molecule has 0 fully saturated rings. The first-order chi connectivity index (χ1) is 12.3. The summed E-state index contributed by atoms with van der Waals surface area (Å²) < 4.78 is 5.10. The first-order valence-corrected chi connectivity index (χ1v) is 9.15. The summed E-state index contributed by atoms with van der Waals surface area (Å²) in [6.45, 7) is 10.3. The van der Waals surface area contributed by atoms with Gasteiger partial charge in [-0.1, -0.05) is 29.8 Å². The molecule has 4 nitrogen and oxygen atoms in total. The lowest BCUT2D eigenvalue weighted by molar-refractivity contribution is 0.0525. The van der Waals surface area contributed by atoms with Gasteiger partial charge in [-0.05, 0) is 75.7 Å². The number of esters is 1. The molecule has 1 atom stereocenters. The quantitative estimate of drug-likeness (QED) is 0.583. The maximum atomic E-state index is 12.0. The molecule has 2 aromatic rings. The summed E-state index contributed by atoms with van der Waals surface area (Å²) in [7, 11) is 0. The van der Waals surface area contributed by atoms with Gasteiger partial charge in [0.25, 0.3) is 0 Å². The van der Waals surface area contributed by atoms with Crippen LogP contribution in [0.25, 0.3) is 0 Å². The maximum absolute atomic E-state index is 12.0. The molecule has 0 bridgehead atoms. The van der Waals surface area contributed by atoms with Crippen LogP contribution in [0.4, 0.5) is 5.69 Å². The SMILES string of the molecule is CCOC(=O)c1cccc(NC(=S)N[C@H](C)c2ccc(C)cc2C)c1C. The lowest BCUT2D eigenvalue weighted by Crippen LogP contribution is -2.31. The van der Waals surface area contributed by atoms with Crippen LogP contribution in [0, 0.1) is 20.8 Å². The van der Waals surface area contributed by atoms with E-state index >= 15 is 0 Å². The van der Waals surface area contributed by atoms with Gasteiger partial charge >= 0.3 is 5.97 Å². The standard InChI is InChI=1S/C21H26N2O2S/c1-6-25-20(24)18-8-7-9-19(15(18)4)23-21(26)22-16(5)17-11-10-13(2)12-14(17)3/h7-12,16H,6H2,1-5H3,(H2,22,23,26)/t16-/m1/s1. The maximum Gasteiger partial charge on any atom is 0.338 e. The minimum absolute atomic E-state index is 0.0733. The molecule has 0 heterocycles. The number of carbonyl (C=O) groups excluding carboxylic acids is 1. The molecule has 0 radical (unpaired) electrons. The molecule has 2 aromatic carbocycles. The lowest BCUT2D eigenvalue weighted by Gasteiger charge is -2.20. The molecule has 0 aliphatic carbocycles. The number of ether oxygens (including phenoxy) is 1. The zero-order chi connectivity index (χ0) is 19.3. The van der Waals surface area contributed by atoms with Crippen LogP contribution in [0.3, 0.4) is 0 Å². The minimum Gasteiger partial charge on any atom is -0.462 e. The highest BCUT2D eigenvalue weighted by Crippen LogP contribution is 2.21. The molecule has 0 aromatic heterocycles. The van der Waals surface area contributed by atoms with Crippen LogP contribution in [0.5, 0.6) is 0 Å². The monoisotopic (exact) mass is 370 g/mol. The molecular weight excluding hydrogens is 344 g/mol. The van der Waals surface area contributed by atoms with Crippen molar-refractivity contribution >= 4 is 29.0 Å². The molecular formula is C21H26N2O2S. The summed E-state index contributed by atoms with van der Waals surface area (Å²) in [5.74, 6) is -0.323. The molecule has 0 aliphatic rings. The average molecular weight is 371 g/mol. The highest BCUT2D eigenvalue weighted by atomic mass is 32.1. The van der Waals surface area contributed by atoms with Crippen molar-refractivity contribution in [1.29, 1.82) is 0 Å². The predicted octanol–water partition coefficient (Wildman–Crippen LogP) is 4.84. The van der Waals surface area contributed by atoms with Crippen LogP contribution in [0.15, 0.2) is 36.4 Å². The Kier molecular flexibility index (Phi) is 6.75. The average Bonchev–Trinajstić information content (AvgIpc) is 2.56. The Labute approximate surface area is 161 Å². The normalized spacial score (nSPS) is 11.6. The fourth-order valence-electron chi connectivity index (χ4n) is 2.95. The molecule has 2 N–H and O–H groups in total. The molecule has 0 aliphatic heterocycles. The number of nitrogens with one attached hydrogen (secondary N) is 2. The van der Waals surface area contributed by atoms with Crippen molar-refractivity contribution in [1.82, 2.24) is 5.32 Å². The second kappa shape index (κ2) is 8.81. The van der Waals surface area contributed by atoms with E-state index in [0.717, 1.165) is 11.3 Å². The van der Waals surface area contributed by atoms with E-state index in [0.29, 0.717) is 17.3 Å². The summed E-state index contributed by atoms with van der Waals surface area (Å²) in [5, 5.41) is 7.02. The fourth-order valence-corrected chi connectivity index (χ4v) is 3.23. The number of thiocarbonyl (C=S) groups is 1. The smallest absolute Gasteiger partial charge is 0.338 e. The van der Waals surface area contributed by atoms with E-state index in [1.54, 1.807) is 13.0 Å². The Balaban J connectivity index is 2.10. The third-order valence-electron chi connectivity index (χ3n) is 4.32. The van der Waals surface area contributed by atoms with Gasteiger partial charge in [0.05, 0.1) is 18.2 Å². The van der Waals surface area contributed by atoms with E-state index in [-0.39, 0.29) is 12.0 Å². The highest BCUT2D eigenvalue weighted by Gasteiger charge is 2.14. The van der Waals surface area contributed by atoms with E-state index < -0.39 is 0 Å². The molecule has 5 heteroatoms. The molecule has 0 spiro atoms. The Hall–Kier alpha value is -2.40. The van der Waals surface area contributed by atoms with Crippen LogP contribution in [-0.4, -0.2) is 17.7 Å². The number of rotatable bonds is 5. The van der Waals surface area contributed by atoms with Gasteiger partial charge in [0.15, 0.2) is 5.11 Å². The predicted molar refractivity (Wildman–Crippen MR) is 111 cm³/mol. The zero-order valence-corrected chi connectivity index (χ0v) is 16.8. The second-order valence-electron chi connectivity index (χ2n) is 6.38. The van der Waals surface area contributed by atoms with Crippen molar-refractivity contribution in [2.75, 3.05) is 11.9 Å². The lowest BCUT2D eigenvalue weighted by atomic mass is 10.0. The Morgan fingerprint density at radius 3 is 2.58 bits per heavy atom. The van der Waals surface area contributed by atoms with Crippen LogP contribution in [-0.2, 0) is 4.74 Å². The van der Waals surface area contributed by atoms with Crippen molar-refractivity contribution in [3.05, 3.63) is 64.2 Å². The summed E-state index contributed by atoms with van der Waals surface area (Å²) in [6.07, 6.45) is 0. The van der Waals surface area contributed by atoms with E-state index in [4.69, 9.17) is 17.0 Å². The van der Waals surface area contributed by atoms with Gasteiger partial charge in [-0.2, -0.15) is 0 Å². The number of benzene rings is 2. The minimum atomic E-state index is -0.323. The Morgan fingerprint density at radius 1 is 1.19 bits per heavy atom. The van der Waals surface area contributed by atoms with Crippen molar-refractivity contribution < 1.29 is 9.53 Å². The summed E-state index contributed by atoms with van der Waals surface area (Å²) in [4.78, 5) is 12.0. The molecule has 26 heavy (non-hydrogen) atoms. The fraction of sp³-hybridized carbons (Fsp3) is 0.333. The largest absolute Gasteiger partial charge is 0.462 e. The molecule has 0 amide bonds. The Bertz CT molecular complexity index is 818. The van der Waals surface area contributed by atoms with Gasteiger partial charge in [-0.25, -0.2) is 4.79 Å². The van der Waals surface area contributed by atoms with E-state index in [2.05, 4.69) is 49.6 Å². The number of carbonyl (C=O) groups is 1. The molecule has 2 rings (SSSR count). The van der Waals surface area contributed by atoms with Crippen molar-refractivity contribution in [3.63, 3.8) is 0 Å². The summed E-state index contributed by atoms with van der Waals surface area (Å²) in [6, 6.07) is 11.9. The van der Waals surface area contributed by atoms with Crippen LogP contribution >= 0.6 is 12.2 Å². The first kappa shape index (κ1) is 19.9. The van der Waals surface area contributed by atoms with Gasteiger partial charge in [0, 0.05) is 5.69 Å². The van der Waals surface area contributed by atoms with Crippen LogP contribution in [0.1, 0.15) is 52.5 Å². The Morgan fingerprint density at radius 2 is 1.92 bits per heavy atom. The number of hydrogen-bond acceptors (Lipinski definition) is 3. The number of aryl methyl sites for hydroxylation is 2. The molecule has 138 valence electrons. The zero-order valence-electron chi connectivity index (χ0n) is 16.0. The third kappa shape index (κ3) is 4.82. The van der Waals surface area contributed by atoms with Crippen molar-refractivity contribution in [3.8, 4) is 0 Å². The van der Waals surface area contributed by atoms with E-state index in [1.807, 2.05) is 19.1 Å². The topological polar surface area (TPSA) is 50.4 Å². The van der Waals surface area contributed by atoms with Gasteiger partial charge in [-0.3, -0.25) is 0 Å². The van der Waals surface area contributed by atoms with Crippen molar-refractivity contribution in [2.45, 2.75) is 40.7 Å². The molecule has 0 saturated heterocycles. The van der Waals surface area contributed by atoms with Gasteiger partial charge in [0.1, 0.15) is 0 Å². The molecule has 0 unspecified atom stereocenters. The third-order valence-corrected chi connectivity index (χ3v) is 4.54. The summed E-state index contributed by atoms with van der Waals surface area (Å²) >= 11 is 5.46. The van der Waals surface area contributed by atoms with Crippen LogP contribution in [0.2, 0.25) is 0 Å². The number of anilines is 1. The first-order valence-electron chi connectivity index (χ1n) is 8.74. The van der Waals surface area contributed by atoms with Gasteiger partial charge < -0.3 is 15.4 Å². The van der Waals surface area contributed by atoms with E-state index in [9.17, 15) is 4.79 Å². The van der Waals surface area contributed by atoms with Gasteiger partial charge in [-0.15, -0.1) is 0 Å². The van der Waals surface area contributed by atoms with E-state index in [1.165, 1.54) is 16.7 Å². The highest BCUT2D eigenvalue weighted by molar-refractivity contribution is 7.80. The van der Waals surface area contributed by atoms with Crippen molar-refractivity contribution in [2.24, 2.45) is 0 Å². The van der Waals surface area contributed by atoms with Crippen LogP contribution < -0.4 is 10.6 Å².